The maximum Gasteiger partial charge on any atom is 0.0982 e. The first-order valence-electron chi connectivity index (χ1n) is 7.36. The number of nitrogens with zero attached hydrogens (tertiary/aromatic N) is 2. The minimum absolute atomic E-state index is 0.160. The summed E-state index contributed by atoms with van der Waals surface area (Å²) in [7, 11) is 0. The first-order valence-corrected chi connectivity index (χ1v) is 8.24. The van der Waals surface area contributed by atoms with E-state index in [1.807, 2.05) is 6.20 Å². The molecule has 0 bridgehead atoms. The van der Waals surface area contributed by atoms with E-state index in [4.69, 9.17) is 4.98 Å². The van der Waals surface area contributed by atoms with Crippen LogP contribution in [0.15, 0.2) is 23.7 Å². The first-order chi connectivity index (χ1) is 9.54. The summed E-state index contributed by atoms with van der Waals surface area (Å²) in [4.78, 5) is 10.7. The molecule has 0 aliphatic carbocycles. The second-order valence-corrected chi connectivity index (χ2v) is 7.51. The molecule has 0 spiro atoms. The molecule has 0 saturated carbocycles. The fourth-order valence-electron chi connectivity index (χ4n) is 2.85. The molecule has 1 saturated heterocycles. The Morgan fingerprint density at radius 1 is 1.45 bits per heavy atom. The minimum atomic E-state index is 0.160. The summed E-state index contributed by atoms with van der Waals surface area (Å²) < 4.78 is 0. The topological polar surface area (TPSA) is 31.9 Å². The Bertz CT molecular complexity index is 551. The number of likely N-dealkylation sites (tertiary alicyclic amines) is 1. The molecule has 4 heteroatoms. The van der Waals surface area contributed by atoms with Gasteiger partial charge in [-0.3, -0.25) is 4.90 Å². The highest BCUT2D eigenvalue weighted by Crippen LogP contribution is 2.33. The average molecular weight is 289 g/mol. The van der Waals surface area contributed by atoms with Crippen molar-refractivity contribution in [3.63, 3.8) is 0 Å². The Kier molecular flexibility index (Phi) is 3.69. The maximum absolute atomic E-state index is 4.83. The highest BCUT2D eigenvalue weighted by atomic mass is 32.1. The highest BCUT2D eigenvalue weighted by molar-refractivity contribution is 7.09. The molecule has 1 fully saturated rings. The Labute approximate surface area is 125 Å². The third-order valence-corrected chi connectivity index (χ3v) is 5.22. The number of thiazole rings is 1. The van der Waals surface area contributed by atoms with Gasteiger partial charge in [-0.1, -0.05) is 20.8 Å². The van der Waals surface area contributed by atoms with Gasteiger partial charge in [-0.2, -0.15) is 0 Å². The van der Waals surface area contributed by atoms with Crippen LogP contribution >= 0.6 is 11.3 Å². The predicted molar refractivity (Wildman–Crippen MR) is 84.0 cm³/mol. The minimum Gasteiger partial charge on any atom is -0.364 e. The van der Waals surface area contributed by atoms with Crippen molar-refractivity contribution in [3.8, 4) is 0 Å². The molecule has 3 heterocycles. The molecule has 0 amide bonds. The molecule has 0 radical (unpaired) electrons. The summed E-state index contributed by atoms with van der Waals surface area (Å²) in [5.74, 6) is 0. The molecule has 108 valence electrons. The van der Waals surface area contributed by atoms with Gasteiger partial charge in [-0.25, -0.2) is 4.98 Å². The summed E-state index contributed by atoms with van der Waals surface area (Å²) in [6.45, 7) is 8.83. The summed E-state index contributed by atoms with van der Waals surface area (Å²) >= 11 is 1.79. The van der Waals surface area contributed by atoms with Crippen molar-refractivity contribution in [3.05, 3.63) is 40.1 Å². The first kappa shape index (κ1) is 13.8. The monoisotopic (exact) mass is 289 g/mol. The maximum atomic E-state index is 4.83. The van der Waals surface area contributed by atoms with E-state index in [1.165, 1.54) is 35.8 Å². The Morgan fingerprint density at radius 3 is 2.95 bits per heavy atom. The number of rotatable bonds is 3. The molecular formula is C16H23N3S. The molecule has 2 aromatic rings. The van der Waals surface area contributed by atoms with Crippen LogP contribution in [0.25, 0.3) is 0 Å². The molecule has 1 aliphatic heterocycles. The van der Waals surface area contributed by atoms with Gasteiger partial charge in [0, 0.05) is 29.2 Å². The quantitative estimate of drug-likeness (QED) is 0.922. The molecule has 1 unspecified atom stereocenters. The van der Waals surface area contributed by atoms with Crippen LogP contribution in [-0.2, 0) is 12.0 Å². The van der Waals surface area contributed by atoms with Crippen LogP contribution in [0.4, 0.5) is 0 Å². The molecular weight excluding hydrogens is 266 g/mol. The molecule has 3 nitrogen and oxygen atoms in total. The van der Waals surface area contributed by atoms with Gasteiger partial charge in [-0.15, -0.1) is 11.3 Å². The number of nitrogens with one attached hydrogen (secondary N) is 1. The number of hydrogen-bond acceptors (Lipinski definition) is 3. The zero-order valence-electron chi connectivity index (χ0n) is 12.5. The Balaban J connectivity index is 1.72. The summed E-state index contributed by atoms with van der Waals surface area (Å²) in [5.41, 5.74) is 2.72. The Hall–Kier alpha value is -1.13. The van der Waals surface area contributed by atoms with Gasteiger partial charge in [0.15, 0.2) is 0 Å². The van der Waals surface area contributed by atoms with Gasteiger partial charge in [-0.05, 0) is 31.5 Å². The van der Waals surface area contributed by atoms with Crippen molar-refractivity contribution >= 4 is 11.3 Å². The molecule has 1 atom stereocenters. The average Bonchev–Trinajstić information content (AvgIpc) is 3.08. The second kappa shape index (κ2) is 5.34. The zero-order chi connectivity index (χ0) is 14.2. The number of aromatic nitrogens is 2. The van der Waals surface area contributed by atoms with Crippen molar-refractivity contribution in [2.24, 2.45) is 0 Å². The van der Waals surface area contributed by atoms with Crippen molar-refractivity contribution in [1.82, 2.24) is 14.9 Å². The number of hydrogen-bond donors (Lipinski definition) is 1. The van der Waals surface area contributed by atoms with Gasteiger partial charge in [0.25, 0.3) is 0 Å². The lowest BCUT2D eigenvalue weighted by atomic mass is 9.98. The van der Waals surface area contributed by atoms with Gasteiger partial charge in [0.1, 0.15) is 0 Å². The third kappa shape index (κ3) is 2.81. The van der Waals surface area contributed by atoms with E-state index in [-0.39, 0.29) is 5.41 Å². The summed E-state index contributed by atoms with van der Waals surface area (Å²) in [6, 6.07) is 4.82. The van der Waals surface area contributed by atoms with Crippen LogP contribution in [0.1, 0.15) is 56.1 Å². The standard InChI is InChI=1S/C16H23N3S/c1-16(2,3)15-18-12(11-20-15)10-19-9-5-7-14(19)13-6-4-8-17-13/h4,6,8,11,14,17H,5,7,9-10H2,1-3H3. The van der Waals surface area contributed by atoms with E-state index in [2.05, 4.69) is 48.2 Å². The van der Waals surface area contributed by atoms with Crippen molar-refractivity contribution in [2.45, 2.75) is 51.6 Å². The fourth-order valence-corrected chi connectivity index (χ4v) is 3.75. The largest absolute Gasteiger partial charge is 0.364 e. The number of H-pyrrole nitrogens is 1. The van der Waals surface area contributed by atoms with Crippen LogP contribution < -0.4 is 0 Å². The fraction of sp³-hybridized carbons (Fsp3) is 0.562. The van der Waals surface area contributed by atoms with Crippen LogP contribution in [0.3, 0.4) is 0 Å². The van der Waals surface area contributed by atoms with E-state index >= 15 is 0 Å². The number of aromatic amines is 1. The van der Waals surface area contributed by atoms with Crippen LogP contribution in [0.5, 0.6) is 0 Å². The van der Waals surface area contributed by atoms with Gasteiger partial charge >= 0.3 is 0 Å². The van der Waals surface area contributed by atoms with E-state index in [0.717, 1.165) is 6.54 Å². The van der Waals surface area contributed by atoms with Crippen molar-refractivity contribution < 1.29 is 0 Å². The van der Waals surface area contributed by atoms with Crippen LogP contribution in [0.2, 0.25) is 0 Å². The molecule has 20 heavy (non-hydrogen) atoms. The van der Waals surface area contributed by atoms with Crippen molar-refractivity contribution in [1.29, 1.82) is 0 Å². The normalized spacial score (nSPS) is 20.6. The molecule has 1 aliphatic rings. The lowest BCUT2D eigenvalue weighted by Crippen LogP contribution is -2.23. The Morgan fingerprint density at radius 2 is 2.30 bits per heavy atom. The van der Waals surface area contributed by atoms with Crippen LogP contribution in [-0.4, -0.2) is 21.4 Å². The molecule has 1 N–H and O–H groups in total. The summed E-state index contributed by atoms with van der Waals surface area (Å²) in [6.07, 6.45) is 4.54. The van der Waals surface area contributed by atoms with Crippen molar-refractivity contribution in [2.75, 3.05) is 6.54 Å². The van der Waals surface area contributed by atoms with E-state index < -0.39 is 0 Å². The van der Waals surface area contributed by atoms with E-state index in [1.54, 1.807) is 11.3 Å². The van der Waals surface area contributed by atoms with E-state index in [9.17, 15) is 0 Å². The van der Waals surface area contributed by atoms with Gasteiger partial charge in [0.05, 0.1) is 16.7 Å². The lowest BCUT2D eigenvalue weighted by Gasteiger charge is -2.22. The van der Waals surface area contributed by atoms with Crippen LogP contribution in [0, 0.1) is 0 Å². The molecule has 0 aromatic carbocycles. The van der Waals surface area contributed by atoms with Gasteiger partial charge < -0.3 is 4.98 Å². The molecule has 2 aromatic heterocycles. The molecule has 3 rings (SSSR count). The SMILES string of the molecule is CC(C)(C)c1nc(CN2CCCC2c2ccc[nH]2)cs1. The zero-order valence-corrected chi connectivity index (χ0v) is 13.3. The highest BCUT2D eigenvalue weighted by Gasteiger charge is 2.27. The smallest absolute Gasteiger partial charge is 0.0982 e. The summed E-state index contributed by atoms with van der Waals surface area (Å²) in [5, 5.41) is 3.47. The van der Waals surface area contributed by atoms with Gasteiger partial charge in [0.2, 0.25) is 0 Å². The third-order valence-electron chi connectivity index (χ3n) is 3.90. The predicted octanol–water partition coefficient (Wildman–Crippen LogP) is 4.11. The van der Waals surface area contributed by atoms with E-state index in [0.29, 0.717) is 6.04 Å². The second-order valence-electron chi connectivity index (χ2n) is 6.65. The lowest BCUT2D eigenvalue weighted by molar-refractivity contribution is 0.242.